The molecular weight excluding hydrogens is 515 g/mol. The van der Waals surface area contributed by atoms with E-state index in [4.69, 9.17) is 28.9 Å². The summed E-state index contributed by atoms with van der Waals surface area (Å²) in [5.74, 6) is -0.405. The molecule has 3 heterocycles. The van der Waals surface area contributed by atoms with Crippen molar-refractivity contribution in [1.82, 2.24) is 25.0 Å². The van der Waals surface area contributed by atoms with Gasteiger partial charge in [-0.1, -0.05) is 48.9 Å². The number of hydrogen-bond donors (Lipinski definition) is 4. The molecule has 0 aliphatic carbocycles. The maximum absolute atomic E-state index is 12.4. The molecule has 0 fully saturated rings. The Morgan fingerprint density at radius 1 is 1.16 bits per heavy atom. The number of unbranched alkanes of at least 4 members (excludes halogenated alkanes) is 5. The highest BCUT2D eigenvalue weighted by Gasteiger charge is 2.27. The molecule has 0 saturated heterocycles. The highest BCUT2D eigenvalue weighted by Crippen LogP contribution is 2.41. The van der Waals surface area contributed by atoms with Crippen LogP contribution in [0.5, 0.6) is 0 Å². The fourth-order valence-corrected chi connectivity index (χ4v) is 5.25. The van der Waals surface area contributed by atoms with Crippen LogP contribution in [-0.4, -0.2) is 62.8 Å². The number of aromatic amines is 1. The summed E-state index contributed by atoms with van der Waals surface area (Å²) in [6.45, 7) is 1.85. The summed E-state index contributed by atoms with van der Waals surface area (Å²) in [4.78, 5) is 29.6. The van der Waals surface area contributed by atoms with Crippen LogP contribution < -0.4 is 11.1 Å². The van der Waals surface area contributed by atoms with Crippen molar-refractivity contribution in [3.05, 3.63) is 39.6 Å². The Morgan fingerprint density at radius 3 is 2.68 bits per heavy atom. The fraction of sp³-hybridized carbons (Fsp3) is 0.500. The molecule has 0 spiro atoms. The lowest BCUT2D eigenvalue weighted by atomic mass is 9.99. The number of benzene rings is 1. The number of aromatic nitrogens is 3. The summed E-state index contributed by atoms with van der Waals surface area (Å²) < 4.78 is 1.60. The minimum atomic E-state index is -0.529. The van der Waals surface area contributed by atoms with E-state index in [0.717, 1.165) is 54.4 Å². The van der Waals surface area contributed by atoms with Gasteiger partial charge in [0.25, 0.3) is 0 Å². The van der Waals surface area contributed by atoms with Gasteiger partial charge in [0.05, 0.1) is 21.3 Å². The SMILES string of the molecule is NCCCCCCCCNC(=O)Cn1ccc(-c2cc(Cl)c(Cl)c3[nH]c4c(c23)CN(C(=O)CO)CC4)n1. The molecule has 1 aromatic carbocycles. The number of nitrogens with zero attached hydrogens (tertiary/aromatic N) is 3. The maximum Gasteiger partial charge on any atom is 0.248 e. The quantitative estimate of drug-likeness (QED) is 0.257. The molecule has 0 unspecified atom stereocenters. The standard InChI is InChI=1S/C26H34Cl2N6O3/c27-19-13-17(24-18-14-33(23(37)16-35)11-7-20(18)31-26(24)25(19)28)21-8-12-34(32-21)15-22(36)30-10-6-4-2-1-3-5-9-29/h8,12-13,31,35H,1-7,9-11,14-16,29H2,(H,30,36). The highest BCUT2D eigenvalue weighted by molar-refractivity contribution is 6.45. The second kappa shape index (κ2) is 12.8. The molecule has 2 aromatic heterocycles. The van der Waals surface area contributed by atoms with Gasteiger partial charge in [-0.25, -0.2) is 0 Å². The van der Waals surface area contributed by atoms with Crippen molar-refractivity contribution in [3.63, 3.8) is 0 Å². The molecule has 1 aliphatic heterocycles. The van der Waals surface area contributed by atoms with Crippen LogP contribution in [-0.2, 0) is 29.1 Å². The molecule has 0 bridgehead atoms. The predicted octanol–water partition coefficient (Wildman–Crippen LogP) is 3.63. The van der Waals surface area contributed by atoms with E-state index in [2.05, 4.69) is 15.4 Å². The number of aliphatic hydroxyl groups excluding tert-OH is 1. The predicted molar refractivity (Wildman–Crippen MR) is 146 cm³/mol. The summed E-state index contributed by atoms with van der Waals surface area (Å²) in [6.07, 6.45) is 9.01. The summed E-state index contributed by atoms with van der Waals surface area (Å²) >= 11 is 13.0. The van der Waals surface area contributed by atoms with Crippen molar-refractivity contribution in [3.8, 4) is 11.3 Å². The minimum Gasteiger partial charge on any atom is -0.387 e. The van der Waals surface area contributed by atoms with Gasteiger partial charge in [0.15, 0.2) is 0 Å². The summed E-state index contributed by atoms with van der Waals surface area (Å²) in [5, 5.41) is 18.6. The molecule has 2 amide bonds. The van der Waals surface area contributed by atoms with Crippen molar-refractivity contribution in [1.29, 1.82) is 0 Å². The van der Waals surface area contributed by atoms with E-state index in [9.17, 15) is 14.7 Å². The van der Waals surface area contributed by atoms with Crippen LogP contribution in [0, 0.1) is 0 Å². The number of nitrogens with one attached hydrogen (secondary N) is 2. The molecular formula is C26H34Cl2N6O3. The molecule has 11 heteroatoms. The smallest absolute Gasteiger partial charge is 0.248 e. The monoisotopic (exact) mass is 548 g/mol. The Kier molecular flexibility index (Phi) is 9.48. The second-order valence-electron chi connectivity index (χ2n) is 9.43. The van der Waals surface area contributed by atoms with Gasteiger partial charge in [-0.2, -0.15) is 5.10 Å². The van der Waals surface area contributed by atoms with E-state index in [1.165, 1.54) is 12.8 Å². The molecule has 200 valence electrons. The summed E-state index contributed by atoms with van der Waals surface area (Å²) in [6, 6.07) is 3.61. The van der Waals surface area contributed by atoms with Crippen molar-refractivity contribution in [2.45, 2.75) is 58.0 Å². The number of amides is 2. The van der Waals surface area contributed by atoms with E-state index < -0.39 is 6.61 Å². The van der Waals surface area contributed by atoms with E-state index in [0.29, 0.717) is 47.3 Å². The maximum atomic E-state index is 12.4. The Hall–Kier alpha value is -2.59. The third-order valence-corrected chi connectivity index (χ3v) is 7.59. The summed E-state index contributed by atoms with van der Waals surface area (Å²) in [7, 11) is 0. The van der Waals surface area contributed by atoms with Gasteiger partial charge >= 0.3 is 0 Å². The number of carbonyl (C=O) groups excluding carboxylic acids is 2. The fourth-order valence-electron chi connectivity index (χ4n) is 4.85. The third kappa shape index (κ3) is 6.46. The van der Waals surface area contributed by atoms with Crippen molar-refractivity contribution in [2.75, 3.05) is 26.2 Å². The van der Waals surface area contributed by atoms with Gasteiger partial charge in [-0.15, -0.1) is 0 Å². The Balaban J connectivity index is 1.45. The number of nitrogens with two attached hydrogens (primary N) is 1. The largest absolute Gasteiger partial charge is 0.387 e. The lowest BCUT2D eigenvalue weighted by Gasteiger charge is -2.26. The first-order chi connectivity index (χ1) is 17.9. The zero-order chi connectivity index (χ0) is 26.4. The topological polar surface area (TPSA) is 129 Å². The van der Waals surface area contributed by atoms with Gasteiger partial charge in [-0.3, -0.25) is 14.3 Å². The third-order valence-electron chi connectivity index (χ3n) is 6.81. The van der Waals surface area contributed by atoms with Gasteiger partial charge < -0.3 is 26.0 Å². The van der Waals surface area contributed by atoms with Gasteiger partial charge in [0.2, 0.25) is 11.8 Å². The molecule has 4 rings (SSSR count). The lowest BCUT2D eigenvalue weighted by molar-refractivity contribution is -0.135. The number of hydrogen-bond acceptors (Lipinski definition) is 5. The number of aliphatic hydroxyl groups is 1. The van der Waals surface area contributed by atoms with E-state index in [1.54, 1.807) is 21.8 Å². The molecule has 0 saturated carbocycles. The van der Waals surface area contributed by atoms with Crippen LogP contribution in [0.15, 0.2) is 18.3 Å². The first-order valence-corrected chi connectivity index (χ1v) is 13.6. The Bertz CT molecular complexity index is 1250. The number of halogens is 2. The van der Waals surface area contributed by atoms with Crippen LogP contribution in [0.3, 0.4) is 0 Å². The van der Waals surface area contributed by atoms with Crippen LogP contribution >= 0.6 is 23.2 Å². The van der Waals surface area contributed by atoms with E-state index >= 15 is 0 Å². The first-order valence-electron chi connectivity index (χ1n) is 12.8. The average molecular weight is 550 g/mol. The second-order valence-corrected chi connectivity index (χ2v) is 10.2. The van der Waals surface area contributed by atoms with Crippen molar-refractivity contribution >= 4 is 45.9 Å². The van der Waals surface area contributed by atoms with E-state index in [-0.39, 0.29) is 18.4 Å². The molecule has 0 radical (unpaired) electrons. The van der Waals surface area contributed by atoms with E-state index in [1.807, 2.05) is 6.07 Å². The number of rotatable bonds is 12. The highest BCUT2D eigenvalue weighted by atomic mass is 35.5. The molecule has 9 nitrogen and oxygen atoms in total. The zero-order valence-electron chi connectivity index (χ0n) is 20.9. The zero-order valence-corrected chi connectivity index (χ0v) is 22.4. The lowest BCUT2D eigenvalue weighted by Crippen LogP contribution is -2.37. The van der Waals surface area contributed by atoms with Crippen LogP contribution in [0.25, 0.3) is 22.2 Å². The van der Waals surface area contributed by atoms with Gasteiger partial charge in [0, 0.05) is 54.5 Å². The average Bonchev–Trinajstić information content (AvgIpc) is 3.52. The van der Waals surface area contributed by atoms with Gasteiger partial charge in [0.1, 0.15) is 13.2 Å². The summed E-state index contributed by atoms with van der Waals surface area (Å²) in [5.41, 5.74) is 9.56. The van der Waals surface area contributed by atoms with Gasteiger partial charge in [-0.05, 0) is 31.5 Å². The molecule has 0 atom stereocenters. The Morgan fingerprint density at radius 2 is 1.92 bits per heavy atom. The molecule has 37 heavy (non-hydrogen) atoms. The van der Waals surface area contributed by atoms with Crippen LogP contribution in [0.4, 0.5) is 0 Å². The van der Waals surface area contributed by atoms with Crippen molar-refractivity contribution < 1.29 is 14.7 Å². The normalized spacial score (nSPS) is 13.2. The van der Waals surface area contributed by atoms with Crippen LogP contribution in [0.2, 0.25) is 10.0 Å². The van der Waals surface area contributed by atoms with Crippen LogP contribution in [0.1, 0.15) is 49.8 Å². The number of carbonyl (C=O) groups is 2. The number of H-pyrrole nitrogens is 1. The first kappa shape index (κ1) is 27.4. The van der Waals surface area contributed by atoms with Crippen molar-refractivity contribution in [2.24, 2.45) is 5.73 Å². The molecule has 1 aliphatic rings. The molecule has 5 N–H and O–H groups in total. The minimum absolute atomic E-state index is 0.0887. The number of fused-ring (bicyclic) bond motifs is 3. The molecule has 3 aromatic rings. The Labute approximate surface area is 226 Å².